The van der Waals surface area contributed by atoms with Crippen LogP contribution >= 0.6 is 27.5 Å². The quantitative estimate of drug-likeness (QED) is 0.378. The first-order valence-corrected chi connectivity index (χ1v) is 13.9. The molecule has 3 aromatic carbocycles. The molecule has 192 valence electrons. The van der Waals surface area contributed by atoms with Crippen molar-refractivity contribution < 1.29 is 22.8 Å². The number of carbonyl (C=O) groups excluding carboxylic acids is 3. The summed E-state index contributed by atoms with van der Waals surface area (Å²) in [6.07, 6.45) is -0.00628. The average molecular weight is 605 g/mol. The fraction of sp³-hybridized carbons (Fsp3) is 0.192. The standard InChI is InChI=1S/C26H23BrClN3O5S/c1-17(32)29-21-7-11-23(12-8-21)37(35,36)30(14-13-18-3-2-4-20(28)15-18)24-16-25(33)31(26(24)34)22-9-5-19(27)6-10-22/h2-12,15,24H,13-14,16H2,1H3,(H,29,32). The predicted molar refractivity (Wildman–Crippen MR) is 145 cm³/mol. The van der Waals surface area contributed by atoms with Gasteiger partial charge in [-0.15, -0.1) is 0 Å². The molecule has 0 saturated carbocycles. The van der Waals surface area contributed by atoms with Gasteiger partial charge in [-0.2, -0.15) is 4.31 Å². The molecule has 0 radical (unpaired) electrons. The summed E-state index contributed by atoms with van der Waals surface area (Å²) < 4.78 is 29.5. The number of nitrogens with zero attached hydrogens (tertiary/aromatic N) is 2. The van der Waals surface area contributed by atoms with E-state index in [1.54, 1.807) is 42.5 Å². The molecule has 0 aromatic heterocycles. The van der Waals surface area contributed by atoms with E-state index in [0.29, 0.717) is 16.4 Å². The van der Waals surface area contributed by atoms with Gasteiger partial charge in [0.15, 0.2) is 0 Å². The summed E-state index contributed by atoms with van der Waals surface area (Å²) >= 11 is 9.42. The number of nitrogens with one attached hydrogen (secondary N) is 1. The molecular formula is C26H23BrClN3O5S. The van der Waals surface area contributed by atoms with E-state index < -0.39 is 27.9 Å². The summed E-state index contributed by atoms with van der Waals surface area (Å²) in [7, 11) is -4.20. The smallest absolute Gasteiger partial charge is 0.252 e. The number of hydrogen-bond acceptors (Lipinski definition) is 5. The largest absolute Gasteiger partial charge is 0.326 e. The van der Waals surface area contributed by atoms with E-state index in [1.807, 2.05) is 6.07 Å². The molecule has 1 heterocycles. The van der Waals surface area contributed by atoms with Gasteiger partial charge in [-0.05, 0) is 72.6 Å². The molecule has 3 amide bonds. The van der Waals surface area contributed by atoms with Gasteiger partial charge in [-0.1, -0.05) is 39.7 Å². The molecule has 0 aliphatic carbocycles. The van der Waals surface area contributed by atoms with Crippen LogP contribution in [0.25, 0.3) is 0 Å². The summed E-state index contributed by atoms with van der Waals surface area (Å²) in [6.45, 7) is 1.30. The van der Waals surface area contributed by atoms with Gasteiger partial charge in [0.25, 0.3) is 5.91 Å². The highest BCUT2D eigenvalue weighted by Crippen LogP contribution is 2.31. The Balaban J connectivity index is 1.68. The molecule has 11 heteroatoms. The SMILES string of the molecule is CC(=O)Nc1ccc(S(=O)(=O)N(CCc2cccc(Cl)c2)C2CC(=O)N(c3ccc(Br)cc3)C2=O)cc1. The molecule has 8 nitrogen and oxygen atoms in total. The van der Waals surface area contributed by atoms with Crippen molar-refractivity contribution >= 4 is 66.7 Å². The zero-order valence-electron chi connectivity index (χ0n) is 19.7. The van der Waals surface area contributed by atoms with Crippen molar-refractivity contribution in [1.82, 2.24) is 4.31 Å². The number of rotatable bonds is 8. The maximum Gasteiger partial charge on any atom is 0.252 e. The first kappa shape index (κ1) is 27.0. The maximum absolute atomic E-state index is 13.8. The highest BCUT2D eigenvalue weighted by molar-refractivity contribution is 9.10. The van der Waals surface area contributed by atoms with Crippen LogP contribution in [-0.2, 0) is 30.8 Å². The molecule has 1 unspecified atom stereocenters. The Morgan fingerprint density at radius 1 is 1.08 bits per heavy atom. The van der Waals surface area contributed by atoms with Gasteiger partial charge >= 0.3 is 0 Å². The number of benzene rings is 3. The Morgan fingerprint density at radius 3 is 2.38 bits per heavy atom. The van der Waals surface area contributed by atoms with Crippen molar-refractivity contribution in [2.24, 2.45) is 0 Å². The third-order valence-electron chi connectivity index (χ3n) is 5.85. The molecule has 37 heavy (non-hydrogen) atoms. The van der Waals surface area contributed by atoms with Gasteiger partial charge in [0.1, 0.15) is 6.04 Å². The van der Waals surface area contributed by atoms with Crippen LogP contribution in [0.2, 0.25) is 5.02 Å². The van der Waals surface area contributed by atoms with E-state index in [9.17, 15) is 22.8 Å². The zero-order valence-corrected chi connectivity index (χ0v) is 22.9. The summed E-state index contributed by atoms with van der Waals surface area (Å²) in [6, 6.07) is 18.1. The summed E-state index contributed by atoms with van der Waals surface area (Å²) in [4.78, 5) is 38.7. The Hall–Kier alpha value is -3.05. The second-order valence-corrected chi connectivity index (χ2v) is 11.7. The van der Waals surface area contributed by atoms with Gasteiger partial charge in [0.2, 0.25) is 21.8 Å². The van der Waals surface area contributed by atoms with Crippen molar-refractivity contribution in [2.45, 2.75) is 30.7 Å². The highest BCUT2D eigenvalue weighted by Gasteiger charge is 2.46. The van der Waals surface area contributed by atoms with Crippen LogP contribution in [0.4, 0.5) is 11.4 Å². The van der Waals surface area contributed by atoms with E-state index in [0.717, 1.165) is 19.2 Å². The van der Waals surface area contributed by atoms with Crippen LogP contribution in [0.15, 0.2) is 82.2 Å². The molecule has 0 bridgehead atoms. The average Bonchev–Trinajstić information content (AvgIpc) is 3.13. The third kappa shape index (κ3) is 6.10. The van der Waals surface area contributed by atoms with E-state index in [4.69, 9.17) is 11.6 Å². The number of imide groups is 1. The van der Waals surface area contributed by atoms with E-state index in [1.165, 1.54) is 31.2 Å². The molecular weight excluding hydrogens is 582 g/mol. The van der Waals surface area contributed by atoms with E-state index >= 15 is 0 Å². The lowest BCUT2D eigenvalue weighted by molar-refractivity contribution is -0.122. The summed E-state index contributed by atoms with van der Waals surface area (Å²) in [5.41, 5.74) is 1.59. The van der Waals surface area contributed by atoms with Gasteiger partial charge < -0.3 is 5.32 Å². The van der Waals surface area contributed by atoms with Crippen LogP contribution < -0.4 is 10.2 Å². The lowest BCUT2D eigenvalue weighted by atomic mass is 10.1. The van der Waals surface area contributed by atoms with Crippen molar-refractivity contribution in [3.05, 3.63) is 87.9 Å². The van der Waals surface area contributed by atoms with E-state index in [-0.39, 0.29) is 30.2 Å². The Morgan fingerprint density at radius 2 is 1.76 bits per heavy atom. The second-order valence-electron chi connectivity index (χ2n) is 8.46. The van der Waals surface area contributed by atoms with Gasteiger partial charge in [0.05, 0.1) is 17.0 Å². The highest BCUT2D eigenvalue weighted by atomic mass is 79.9. The Bertz CT molecular complexity index is 1450. The van der Waals surface area contributed by atoms with Crippen molar-refractivity contribution in [1.29, 1.82) is 0 Å². The predicted octanol–water partition coefficient (Wildman–Crippen LogP) is 4.63. The molecule has 1 fully saturated rings. The number of amides is 3. The van der Waals surface area contributed by atoms with Crippen LogP contribution in [0.3, 0.4) is 0 Å². The lowest BCUT2D eigenvalue weighted by Gasteiger charge is -2.27. The van der Waals surface area contributed by atoms with Crippen LogP contribution in [0.1, 0.15) is 18.9 Å². The van der Waals surface area contributed by atoms with E-state index in [2.05, 4.69) is 21.2 Å². The first-order valence-electron chi connectivity index (χ1n) is 11.3. The molecule has 0 spiro atoms. The Kier molecular flexibility index (Phi) is 8.13. The molecule has 1 aliphatic heterocycles. The topological polar surface area (TPSA) is 104 Å². The second kappa shape index (κ2) is 11.1. The summed E-state index contributed by atoms with van der Waals surface area (Å²) in [5, 5.41) is 3.10. The number of halogens is 2. The number of hydrogen-bond donors (Lipinski definition) is 1. The van der Waals surface area contributed by atoms with Crippen molar-refractivity contribution in [3.8, 4) is 0 Å². The molecule has 1 aliphatic rings. The number of carbonyl (C=O) groups is 3. The minimum absolute atomic E-state index is 0.0476. The summed E-state index contributed by atoms with van der Waals surface area (Å²) in [5.74, 6) is -1.39. The molecule has 1 saturated heterocycles. The maximum atomic E-state index is 13.8. The van der Waals surface area contributed by atoms with Crippen molar-refractivity contribution in [3.63, 3.8) is 0 Å². The monoisotopic (exact) mass is 603 g/mol. The van der Waals surface area contributed by atoms with Gasteiger partial charge in [-0.3, -0.25) is 14.4 Å². The molecule has 1 N–H and O–H groups in total. The number of sulfonamides is 1. The van der Waals surface area contributed by atoms with Crippen molar-refractivity contribution in [2.75, 3.05) is 16.8 Å². The molecule has 3 aromatic rings. The van der Waals surface area contributed by atoms with Gasteiger partial charge in [-0.25, -0.2) is 13.3 Å². The minimum atomic E-state index is -4.20. The van der Waals surface area contributed by atoms with Crippen LogP contribution in [0, 0.1) is 0 Å². The lowest BCUT2D eigenvalue weighted by Crippen LogP contribution is -2.46. The zero-order chi connectivity index (χ0) is 26.7. The van der Waals surface area contributed by atoms with Crippen LogP contribution in [0.5, 0.6) is 0 Å². The minimum Gasteiger partial charge on any atom is -0.326 e. The first-order chi connectivity index (χ1) is 17.6. The fourth-order valence-electron chi connectivity index (χ4n) is 4.13. The fourth-order valence-corrected chi connectivity index (χ4v) is 6.19. The normalized spacial score (nSPS) is 15.9. The van der Waals surface area contributed by atoms with Crippen LogP contribution in [-0.4, -0.2) is 43.0 Å². The molecule has 1 atom stereocenters. The molecule has 4 rings (SSSR count). The Labute approximate surface area is 228 Å². The van der Waals surface area contributed by atoms with Gasteiger partial charge in [0, 0.05) is 28.7 Å². The number of anilines is 2. The third-order valence-corrected chi connectivity index (χ3v) is 8.53.